The lowest BCUT2D eigenvalue weighted by Crippen LogP contribution is -2.26. The van der Waals surface area contributed by atoms with Gasteiger partial charge >= 0.3 is 0 Å². The van der Waals surface area contributed by atoms with Crippen molar-refractivity contribution in [3.8, 4) is 11.5 Å². The number of halogens is 1. The van der Waals surface area contributed by atoms with E-state index in [2.05, 4.69) is 5.32 Å². The molecule has 94 valence electrons. The molecular weight excluding hydrogens is 238 g/mol. The maximum absolute atomic E-state index is 6.13. The maximum atomic E-state index is 6.13. The predicted molar refractivity (Wildman–Crippen MR) is 69.4 cm³/mol. The van der Waals surface area contributed by atoms with Crippen molar-refractivity contribution >= 4 is 11.6 Å². The Morgan fingerprint density at radius 2 is 1.88 bits per heavy atom. The first-order valence-electron chi connectivity index (χ1n) is 5.88. The van der Waals surface area contributed by atoms with Gasteiger partial charge in [0, 0.05) is 16.7 Å². The molecule has 1 aliphatic rings. The molecule has 1 aliphatic heterocycles. The first kappa shape index (κ1) is 12.5. The lowest BCUT2D eigenvalue weighted by Gasteiger charge is -2.25. The molecule has 0 aliphatic carbocycles. The zero-order chi connectivity index (χ0) is 12.3. The van der Waals surface area contributed by atoms with E-state index in [1.807, 2.05) is 6.07 Å². The van der Waals surface area contributed by atoms with E-state index < -0.39 is 0 Å². The summed E-state index contributed by atoms with van der Waals surface area (Å²) in [7, 11) is 3.32. The molecule has 0 unspecified atom stereocenters. The molecule has 1 heterocycles. The highest BCUT2D eigenvalue weighted by atomic mass is 35.5. The topological polar surface area (TPSA) is 30.5 Å². The van der Waals surface area contributed by atoms with Crippen LogP contribution in [0.15, 0.2) is 12.1 Å². The van der Waals surface area contributed by atoms with Gasteiger partial charge in [0.05, 0.1) is 14.2 Å². The van der Waals surface area contributed by atoms with E-state index in [4.69, 9.17) is 21.1 Å². The summed E-state index contributed by atoms with van der Waals surface area (Å²) in [5.41, 5.74) is 1.17. The van der Waals surface area contributed by atoms with Gasteiger partial charge < -0.3 is 14.8 Å². The largest absolute Gasteiger partial charge is 0.493 e. The minimum atomic E-state index is 0.499. The van der Waals surface area contributed by atoms with Crippen molar-refractivity contribution in [2.45, 2.75) is 18.8 Å². The Kier molecular flexibility index (Phi) is 4.13. The summed E-state index contributed by atoms with van der Waals surface area (Å²) in [4.78, 5) is 0. The van der Waals surface area contributed by atoms with E-state index >= 15 is 0 Å². The van der Waals surface area contributed by atoms with Crippen LogP contribution in [0, 0.1) is 0 Å². The summed E-state index contributed by atoms with van der Waals surface area (Å²) in [6.45, 7) is 2.09. The Labute approximate surface area is 107 Å². The van der Waals surface area contributed by atoms with Gasteiger partial charge in [-0.3, -0.25) is 0 Å². The first-order valence-corrected chi connectivity index (χ1v) is 6.26. The second-order valence-corrected chi connectivity index (χ2v) is 4.69. The lowest BCUT2D eigenvalue weighted by molar-refractivity contribution is 0.344. The number of piperidine rings is 1. The number of methoxy groups -OCH3 is 2. The van der Waals surface area contributed by atoms with E-state index in [1.54, 1.807) is 20.3 Å². The number of hydrogen-bond donors (Lipinski definition) is 1. The summed E-state index contributed by atoms with van der Waals surface area (Å²) in [5, 5.41) is 4.06. The molecule has 1 N–H and O–H groups in total. The number of ether oxygens (including phenoxy) is 2. The van der Waals surface area contributed by atoms with E-state index in [-0.39, 0.29) is 0 Å². The van der Waals surface area contributed by atoms with Crippen LogP contribution in [-0.4, -0.2) is 27.3 Å². The van der Waals surface area contributed by atoms with Gasteiger partial charge in [-0.25, -0.2) is 0 Å². The summed E-state index contributed by atoms with van der Waals surface area (Å²) in [6.07, 6.45) is 2.22. The lowest BCUT2D eigenvalue weighted by atomic mass is 9.89. The highest BCUT2D eigenvalue weighted by Gasteiger charge is 2.22. The highest BCUT2D eigenvalue weighted by molar-refractivity contribution is 6.30. The Hall–Kier alpha value is -0.930. The SMILES string of the molecule is COc1cc(Cl)cc(C2CCNCC2)c1OC. The average molecular weight is 256 g/mol. The van der Waals surface area contributed by atoms with Gasteiger partial charge in [-0.1, -0.05) is 11.6 Å². The third kappa shape index (κ3) is 2.67. The molecule has 4 heteroatoms. The maximum Gasteiger partial charge on any atom is 0.164 e. The third-order valence-electron chi connectivity index (χ3n) is 3.25. The molecule has 0 radical (unpaired) electrons. The van der Waals surface area contributed by atoms with Crippen LogP contribution < -0.4 is 14.8 Å². The van der Waals surface area contributed by atoms with E-state index in [0.717, 1.165) is 31.7 Å². The molecule has 0 spiro atoms. The van der Waals surface area contributed by atoms with Gasteiger partial charge in [-0.2, -0.15) is 0 Å². The Balaban J connectivity index is 2.39. The van der Waals surface area contributed by atoms with Crippen LogP contribution in [0.3, 0.4) is 0 Å². The van der Waals surface area contributed by atoms with Gasteiger partial charge in [0.25, 0.3) is 0 Å². The Morgan fingerprint density at radius 3 is 2.47 bits per heavy atom. The zero-order valence-corrected chi connectivity index (χ0v) is 11.0. The molecule has 17 heavy (non-hydrogen) atoms. The van der Waals surface area contributed by atoms with Gasteiger partial charge in [0.2, 0.25) is 0 Å². The fourth-order valence-corrected chi connectivity index (χ4v) is 2.61. The molecule has 0 amide bonds. The van der Waals surface area contributed by atoms with Crippen LogP contribution in [0.2, 0.25) is 5.02 Å². The molecule has 1 saturated heterocycles. The zero-order valence-electron chi connectivity index (χ0n) is 10.3. The van der Waals surface area contributed by atoms with Crippen LogP contribution in [0.1, 0.15) is 24.3 Å². The van der Waals surface area contributed by atoms with Gasteiger partial charge in [-0.15, -0.1) is 0 Å². The van der Waals surface area contributed by atoms with Crippen LogP contribution in [0.25, 0.3) is 0 Å². The normalized spacial score (nSPS) is 16.9. The molecule has 0 bridgehead atoms. The average Bonchev–Trinajstić information content (AvgIpc) is 2.38. The van der Waals surface area contributed by atoms with Crippen molar-refractivity contribution in [1.82, 2.24) is 5.32 Å². The summed E-state index contributed by atoms with van der Waals surface area (Å²) >= 11 is 6.13. The Bertz CT molecular complexity index is 389. The van der Waals surface area contributed by atoms with E-state index in [1.165, 1.54) is 5.56 Å². The molecule has 0 aromatic heterocycles. The summed E-state index contributed by atoms with van der Waals surface area (Å²) in [5.74, 6) is 2.04. The van der Waals surface area contributed by atoms with Crippen LogP contribution in [0.5, 0.6) is 11.5 Å². The molecule has 0 saturated carbocycles. The second kappa shape index (κ2) is 5.61. The van der Waals surface area contributed by atoms with Crippen molar-refractivity contribution < 1.29 is 9.47 Å². The molecule has 2 rings (SSSR count). The van der Waals surface area contributed by atoms with Gasteiger partial charge in [-0.05, 0) is 37.9 Å². The molecule has 1 aromatic rings. The standard InChI is InChI=1S/C13H18ClNO2/c1-16-12-8-10(14)7-11(13(12)17-2)9-3-5-15-6-4-9/h7-9,15H,3-6H2,1-2H3. The van der Waals surface area contributed by atoms with Crippen LogP contribution in [0.4, 0.5) is 0 Å². The minimum absolute atomic E-state index is 0.499. The number of nitrogens with one attached hydrogen (secondary N) is 1. The van der Waals surface area contributed by atoms with Crippen molar-refractivity contribution in [1.29, 1.82) is 0 Å². The molecular formula is C13H18ClNO2. The fourth-order valence-electron chi connectivity index (χ4n) is 2.40. The van der Waals surface area contributed by atoms with E-state index in [9.17, 15) is 0 Å². The summed E-state index contributed by atoms with van der Waals surface area (Å²) in [6, 6.07) is 3.80. The molecule has 1 aromatic carbocycles. The van der Waals surface area contributed by atoms with E-state index in [0.29, 0.717) is 16.7 Å². The molecule has 1 fully saturated rings. The third-order valence-corrected chi connectivity index (χ3v) is 3.47. The predicted octanol–water partition coefficient (Wildman–Crippen LogP) is 2.82. The summed E-state index contributed by atoms with van der Waals surface area (Å²) < 4.78 is 10.8. The van der Waals surface area contributed by atoms with Crippen LogP contribution in [-0.2, 0) is 0 Å². The first-order chi connectivity index (χ1) is 8.26. The van der Waals surface area contributed by atoms with Crippen LogP contribution >= 0.6 is 11.6 Å². The fraction of sp³-hybridized carbons (Fsp3) is 0.538. The number of hydrogen-bond acceptors (Lipinski definition) is 3. The van der Waals surface area contributed by atoms with Crippen molar-refractivity contribution in [2.75, 3.05) is 27.3 Å². The quantitative estimate of drug-likeness (QED) is 0.901. The van der Waals surface area contributed by atoms with Crippen molar-refractivity contribution in [2.24, 2.45) is 0 Å². The molecule has 3 nitrogen and oxygen atoms in total. The van der Waals surface area contributed by atoms with Gasteiger partial charge in [0.15, 0.2) is 11.5 Å². The highest BCUT2D eigenvalue weighted by Crippen LogP contribution is 2.41. The monoisotopic (exact) mass is 255 g/mol. The Morgan fingerprint density at radius 1 is 1.18 bits per heavy atom. The van der Waals surface area contributed by atoms with Gasteiger partial charge in [0.1, 0.15) is 0 Å². The van der Waals surface area contributed by atoms with Crippen molar-refractivity contribution in [3.63, 3.8) is 0 Å². The van der Waals surface area contributed by atoms with Crippen molar-refractivity contribution in [3.05, 3.63) is 22.7 Å². The molecule has 0 atom stereocenters. The minimum Gasteiger partial charge on any atom is -0.493 e. The number of benzene rings is 1. The smallest absolute Gasteiger partial charge is 0.164 e. The second-order valence-electron chi connectivity index (χ2n) is 4.25. The number of rotatable bonds is 3.